The Morgan fingerprint density at radius 2 is 1.84 bits per heavy atom. The number of nitrogens with one attached hydrogen (secondary N) is 2. The summed E-state index contributed by atoms with van der Waals surface area (Å²) in [7, 11) is -1.40. The van der Waals surface area contributed by atoms with Crippen LogP contribution in [-0.2, 0) is 30.8 Å². The molecule has 0 radical (unpaired) electrons. The first-order valence-corrected chi connectivity index (χ1v) is 10.7. The molecule has 9 nitrogen and oxygen atoms in total. The predicted molar refractivity (Wildman–Crippen MR) is 114 cm³/mol. The molecule has 3 rings (SSSR count). The second-order valence-electron chi connectivity index (χ2n) is 6.56. The van der Waals surface area contributed by atoms with Crippen molar-refractivity contribution in [3.8, 4) is 0 Å². The first-order chi connectivity index (χ1) is 14.8. The maximum absolute atomic E-state index is 13.1. The predicted octanol–water partition coefficient (Wildman–Crippen LogP) is 2.08. The SMILES string of the molecule is COCC(=O)NCc1cc(NS(=O)(=O)c2cccc3cccnc23)cc(C(=O)OC)c1. The van der Waals surface area contributed by atoms with Crippen molar-refractivity contribution in [2.45, 2.75) is 11.4 Å². The number of esters is 1. The van der Waals surface area contributed by atoms with Gasteiger partial charge in [0.25, 0.3) is 10.0 Å². The van der Waals surface area contributed by atoms with Crippen molar-refractivity contribution in [2.24, 2.45) is 0 Å². The van der Waals surface area contributed by atoms with E-state index in [0.717, 1.165) is 0 Å². The Balaban J connectivity index is 1.96. The third-order valence-electron chi connectivity index (χ3n) is 4.32. The van der Waals surface area contributed by atoms with Crippen molar-refractivity contribution < 1.29 is 27.5 Å². The third kappa shape index (κ3) is 5.36. The fraction of sp³-hybridized carbons (Fsp3) is 0.190. The van der Waals surface area contributed by atoms with E-state index in [1.807, 2.05) is 0 Å². The Kier molecular flexibility index (Phi) is 6.83. The first-order valence-electron chi connectivity index (χ1n) is 9.18. The largest absolute Gasteiger partial charge is 0.465 e. The molecule has 162 valence electrons. The molecule has 0 aliphatic rings. The number of carbonyl (C=O) groups is 2. The number of pyridine rings is 1. The molecule has 0 bridgehead atoms. The summed E-state index contributed by atoms with van der Waals surface area (Å²) >= 11 is 0. The topological polar surface area (TPSA) is 124 Å². The van der Waals surface area contributed by atoms with Gasteiger partial charge in [0, 0.05) is 25.2 Å². The lowest BCUT2D eigenvalue weighted by Crippen LogP contribution is -2.26. The molecule has 0 unspecified atom stereocenters. The number of sulfonamides is 1. The summed E-state index contributed by atoms with van der Waals surface area (Å²) < 4.78 is 38.1. The fourth-order valence-corrected chi connectivity index (χ4v) is 4.20. The van der Waals surface area contributed by atoms with E-state index in [1.165, 1.54) is 44.7 Å². The van der Waals surface area contributed by atoms with E-state index in [0.29, 0.717) is 16.5 Å². The smallest absolute Gasteiger partial charge is 0.337 e. The van der Waals surface area contributed by atoms with Crippen molar-refractivity contribution in [1.29, 1.82) is 0 Å². The van der Waals surface area contributed by atoms with E-state index >= 15 is 0 Å². The van der Waals surface area contributed by atoms with Crippen molar-refractivity contribution in [3.63, 3.8) is 0 Å². The van der Waals surface area contributed by atoms with Crippen LogP contribution >= 0.6 is 0 Å². The molecule has 1 aromatic heterocycles. The number of anilines is 1. The fourth-order valence-electron chi connectivity index (χ4n) is 2.97. The second-order valence-corrected chi connectivity index (χ2v) is 8.21. The average Bonchev–Trinajstić information content (AvgIpc) is 2.76. The molecule has 31 heavy (non-hydrogen) atoms. The number of rotatable bonds is 8. The van der Waals surface area contributed by atoms with Crippen molar-refractivity contribution in [3.05, 3.63) is 65.9 Å². The number of nitrogens with zero attached hydrogens (tertiary/aromatic N) is 1. The Morgan fingerprint density at radius 3 is 2.58 bits per heavy atom. The van der Waals surface area contributed by atoms with Gasteiger partial charge in [0.2, 0.25) is 5.91 Å². The highest BCUT2D eigenvalue weighted by molar-refractivity contribution is 7.93. The van der Waals surface area contributed by atoms with Gasteiger partial charge in [0.1, 0.15) is 11.5 Å². The van der Waals surface area contributed by atoms with Crippen LogP contribution in [0.15, 0.2) is 59.6 Å². The van der Waals surface area contributed by atoms with Crippen LogP contribution in [0.4, 0.5) is 5.69 Å². The Labute approximate surface area is 179 Å². The van der Waals surface area contributed by atoms with E-state index in [9.17, 15) is 18.0 Å². The highest BCUT2D eigenvalue weighted by Crippen LogP contribution is 2.24. The summed E-state index contributed by atoms with van der Waals surface area (Å²) in [5.74, 6) is -0.993. The van der Waals surface area contributed by atoms with Crippen LogP contribution in [0.5, 0.6) is 0 Å². The normalized spacial score (nSPS) is 11.2. The molecule has 2 N–H and O–H groups in total. The summed E-state index contributed by atoms with van der Waals surface area (Å²) in [4.78, 5) is 27.9. The van der Waals surface area contributed by atoms with Crippen LogP contribution in [0.25, 0.3) is 10.9 Å². The van der Waals surface area contributed by atoms with Gasteiger partial charge >= 0.3 is 5.97 Å². The summed E-state index contributed by atoms with van der Waals surface area (Å²) in [5, 5.41) is 3.30. The zero-order valence-corrected chi connectivity index (χ0v) is 17.7. The van der Waals surface area contributed by atoms with Gasteiger partial charge in [-0.05, 0) is 35.9 Å². The van der Waals surface area contributed by atoms with Crippen LogP contribution in [-0.4, -0.2) is 46.1 Å². The van der Waals surface area contributed by atoms with Crippen molar-refractivity contribution >= 4 is 38.5 Å². The van der Waals surface area contributed by atoms with Crippen LogP contribution in [0.2, 0.25) is 0 Å². The molecule has 2 aromatic carbocycles. The lowest BCUT2D eigenvalue weighted by Gasteiger charge is -2.13. The minimum absolute atomic E-state index is 0.00372. The lowest BCUT2D eigenvalue weighted by atomic mass is 10.1. The number of amides is 1. The maximum atomic E-state index is 13.1. The molecule has 0 aliphatic carbocycles. The van der Waals surface area contributed by atoms with E-state index in [2.05, 4.69) is 15.0 Å². The number of hydrogen-bond acceptors (Lipinski definition) is 7. The van der Waals surface area contributed by atoms with Crippen molar-refractivity contribution in [2.75, 3.05) is 25.5 Å². The van der Waals surface area contributed by atoms with E-state index in [1.54, 1.807) is 24.3 Å². The molecule has 0 atom stereocenters. The standard InChI is InChI=1S/C21H21N3O6S/c1-29-13-19(25)23-12-14-9-16(21(26)30-2)11-17(10-14)24-31(27,28)18-7-3-5-15-6-4-8-22-20(15)18/h3-11,24H,12-13H2,1-2H3,(H,23,25). The average molecular weight is 443 g/mol. The Bertz CT molecular complexity index is 1220. The number of hydrogen-bond donors (Lipinski definition) is 2. The molecular weight excluding hydrogens is 422 g/mol. The first kappa shape index (κ1) is 22.2. The number of para-hydroxylation sites is 1. The summed E-state index contributed by atoms with van der Waals surface area (Å²) in [6, 6.07) is 12.7. The number of ether oxygens (including phenoxy) is 2. The summed E-state index contributed by atoms with van der Waals surface area (Å²) in [6.07, 6.45) is 1.51. The minimum Gasteiger partial charge on any atom is -0.465 e. The molecule has 0 aliphatic heterocycles. The van der Waals surface area contributed by atoms with Crippen LogP contribution in [0, 0.1) is 0 Å². The van der Waals surface area contributed by atoms with Crippen LogP contribution < -0.4 is 10.0 Å². The quantitative estimate of drug-likeness (QED) is 0.511. The van der Waals surface area contributed by atoms with Gasteiger partial charge in [-0.25, -0.2) is 13.2 Å². The highest BCUT2D eigenvalue weighted by atomic mass is 32.2. The van der Waals surface area contributed by atoms with Gasteiger partial charge in [-0.3, -0.25) is 14.5 Å². The number of benzene rings is 2. The number of methoxy groups -OCH3 is 2. The summed E-state index contributed by atoms with van der Waals surface area (Å²) in [5.41, 5.74) is 1.11. The number of aromatic nitrogens is 1. The van der Waals surface area contributed by atoms with E-state index < -0.39 is 16.0 Å². The molecule has 0 fully saturated rings. The molecule has 0 spiro atoms. The highest BCUT2D eigenvalue weighted by Gasteiger charge is 2.20. The molecule has 3 aromatic rings. The maximum Gasteiger partial charge on any atom is 0.337 e. The van der Waals surface area contributed by atoms with Gasteiger partial charge in [-0.2, -0.15) is 0 Å². The van der Waals surface area contributed by atoms with Gasteiger partial charge in [0.15, 0.2) is 0 Å². The lowest BCUT2D eigenvalue weighted by molar-refractivity contribution is -0.124. The molecule has 1 amide bonds. The summed E-state index contributed by atoms with van der Waals surface area (Å²) in [6.45, 7) is -0.0537. The van der Waals surface area contributed by atoms with Gasteiger partial charge < -0.3 is 14.8 Å². The zero-order valence-electron chi connectivity index (χ0n) is 16.9. The molecule has 0 saturated carbocycles. The molecule has 1 heterocycles. The molecule has 10 heteroatoms. The second kappa shape index (κ2) is 9.54. The van der Waals surface area contributed by atoms with E-state index in [4.69, 9.17) is 9.47 Å². The monoisotopic (exact) mass is 443 g/mol. The Morgan fingerprint density at radius 1 is 1.06 bits per heavy atom. The number of fused-ring (bicyclic) bond motifs is 1. The molecular formula is C21H21N3O6S. The zero-order chi connectivity index (χ0) is 22.4. The van der Waals surface area contributed by atoms with Crippen molar-refractivity contribution in [1.82, 2.24) is 10.3 Å². The van der Waals surface area contributed by atoms with Gasteiger partial charge in [-0.15, -0.1) is 0 Å². The van der Waals surface area contributed by atoms with E-state index in [-0.39, 0.29) is 35.2 Å². The molecule has 0 saturated heterocycles. The van der Waals surface area contributed by atoms with Crippen LogP contribution in [0.1, 0.15) is 15.9 Å². The van der Waals surface area contributed by atoms with Crippen LogP contribution in [0.3, 0.4) is 0 Å². The van der Waals surface area contributed by atoms with Gasteiger partial charge in [-0.1, -0.05) is 18.2 Å². The van der Waals surface area contributed by atoms with Gasteiger partial charge in [0.05, 0.1) is 23.9 Å². The third-order valence-corrected chi connectivity index (χ3v) is 5.73. The Hall–Kier alpha value is -3.50. The number of carbonyl (C=O) groups excluding carboxylic acids is 2. The minimum atomic E-state index is -4.02.